The third-order valence-corrected chi connectivity index (χ3v) is 8.87. The average molecular weight is 607 g/mol. The predicted octanol–water partition coefficient (Wildman–Crippen LogP) is 7.88. The van der Waals surface area contributed by atoms with Crippen molar-refractivity contribution in [1.29, 1.82) is 0 Å². The molecule has 3 aliphatic heterocycles. The predicted molar refractivity (Wildman–Crippen MR) is 150 cm³/mol. The molecule has 3 saturated heterocycles. The normalized spacial score (nSPS) is 33.8. The number of halogens is 1. The van der Waals surface area contributed by atoms with Crippen LogP contribution < -0.4 is 0 Å². The summed E-state index contributed by atoms with van der Waals surface area (Å²) in [6, 6.07) is 0. The molecule has 0 saturated carbocycles. The second-order valence-electron chi connectivity index (χ2n) is 11.5. The van der Waals surface area contributed by atoms with Crippen molar-refractivity contribution in [2.24, 2.45) is 0 Å². The fourth-order valence-electron chi connectivity index (χ4n) is 5.64. The Morgan fingerprint density at radius 1 is 0.829 bits per heavy atom. The fourth-order valence-corrected chi connectivity index (χ4v) is 6.53. The highest BCUT2D eigenvalue weighted by atomic mass is 127. The van der Waals surface area contributed by atoms with E-state index in [-0.39, 0.29) is 24.4 Å². The van der Waals surface area contributed by atoms with Crippen LogP contribution in [-0.4, -0.2) is 52.6 Å². The van der Waals surface area contributed by atoms with Crippen LogP contribution in [0.3, 0.4) is 0 Å². The zero-order valence-corrected chi connectivity index (χ0v) is 25.1. The standard InChI is InChI=1S/C29H51IO5/c1-6-7-8-9-10-11-12-13-15-26-27(35-29(4,5)34-26)18-17-22(30)23-19-20-24(32-23)25-16-14-21-31-28(2,3)33-25/h11-12,22-27H,6-10,13-21H2,1-5H3/b12-11-/t22-,23-,24-,25-,26-,27-/m1/s1. The van der Waals surface area contributed by atoms with E-state index in [0.29, 0.717) is 10.0 Å². The lowest BCUT2D eigenvalue weighted by Crippen LogP contribution is -2.38. The molecule has 0 spiro atoms. The van der Waals surface area contributed by atoms with Crippen LogP contribution in [0.2, 0.25) is 0 Å². The summed E-state index contributed by atoms with van der Waals surface area (Å²) in [5.74, 6) is -1.00. The molecule has 3 heterocycles. The maximum atomic E-state index is 6.55. The molecule has 35 heavy (non-hydrogen) atoms. The molecule has 0 bridgehead atoms. The van der Waals surface area contributed by atoms with Crippen molar-refractivity contribution in [2.75, 3.05) is 6.61 Å². The van der Waals surface area contributed by atoms with E-state index in [9.17, 15) is 0 Å². The van der Waals surface area contributed by atoms with Crippen LogP contribution in [0.4, 0.5) is 0 Å². The number of rotatable bonds is 13. The summed E-state index contributed by atoms with van der Waals surface area (Å²) in [5, 5.41) is 0. The Morgan fingerprint density at radius 3 is 2.34 bits per heavy atom. The van der Waals surface area contributed by atoms with Crippen LogP contribution in [0, 0.1) is 0 Å². The summed E-state index contributed by atoms with van der Waals surface area (Å²) in [6.07, 6.45) is 20.6. The quantitative estimate of drug-likeness (QED) is 0.0924. The van der Waals surface area contributed by atoms with Crippen LogP contribution in [-0.2, 0) is 23.7 Å². The minimum atomic E-state index is -0.516. The maximum Gasteiger partial charge on any atom is 0.163 e. The van der Waals surface area contributed by atoms with Crippen LogP contribution >= 0.6 is 22.6 Å². The molecule has 5 nitrogen and oxygen atoms in total. The van der Waals surface area contributed by atoms with Crippen molar-refractivity contribution < 1.29 is 23.7 Å². The second kappa shape index (κ2) is 14.4. The number of allylic oxidation sites excluding steroid dienone is 2. The van der Waals surface area contributed by atoms with Crippen molar-refractivity contribution in [2.45, 2.75) is 164 Å². The SMILES string of the molecule is CCCCCC/C=C\CC[C@H]1OC(C)(C)O[C@@H]1CC[C@@H](I)[C@H]1CC[C@H]([C@H]2CCCOC(C)(C)O2)O1. The summed E-state index contributed by atoms with van der Waals surface area (Å²) in [7, 11) is 0. The van der Waals surface area contributed by atoms with Gasteiger partial charge in [-0.3, -0.25) is 0 Å². The Morgan fingerprint density at radius 2 is 1.57 bits per heavy atom. The third kappa shape index (κ3) is 10.2. The second-order valence-corrected chi connectivity index (χ2v) is 13.1. The minimum Gasteiger partial charge on any atom is -0.371 e. The van der Waals surface area contributed by atoms with E-state index in [0.717, 1.165) is 58.0 Å². The van der Waals surface area contributed by atoms with Crippen molar-refractivity contribution >= 4 is 22.6 Å². The number of unbranched alkanes of at least 4 members (excludes halogenated alkanes) is 4. The van der Waals surface area contributed by atoms with E-state index in [1.54, 1.807) is 0 Å². The van der Waals surface area contributed by atoms with E-state index < -0.39 is 11.6 Å². The summed E-state index contributed by atoms with van der Waals surface area (Å²) in [6.45, 7) is 11.2. The van der Waals surface area contributed by atoms with Crippen LogP contribution in [0.15, 0.2) is 12.2 Å². The first-order chi connectivity index (χ1) is 16.7. The Hall–Kier alpha value is 0.270. The van der Waals surface area contributed by atoms with E-state index in [1.165, 1.54) is 32.1 Å². The van der Waals surface area contributed by atoms with Crippen molar-refractivity contribution in [3.63, 3.8) is 0 Å². The molecule has 0 aromatic carbocycles. The monoisotopic (exact) mass is 606 g/mol. The fraction of sp³-hybridized carbons (Fsp3) is 0.931. The Labute approximate surface area is 228 Å². The topological polar surface area (TPSA) is 46.2 Å². The molecule has 0 N–H and O–H groups in total. The average Bonchev–Trinajstić information content (AvgIpc) is 3.35. The largest absolute Gasteiger partial charge is 0.371 e. The van der Waals surface area contributed by atoms with Gasteiger partial charge in [0.1, 0.15) is 0 Å². The van der Waals surface area contributed by atoms with Gasteiger partial charge in [0.05, 0.1) is 37.1 Å². The smallest absolute Gasteiger partial charge is 0.163 e. The van der Waals surface area contributed by atoms with Gasteiger partial charge >= 0.3 is 0 Å². The lowest BCUT2D eigenvalue weighted by molar-refractivity contribution is -0.239. The molecule has 0 aromatic heterocycles. The highest BCUT2D eigenvalue weighted by Gasteiger charge is 2.42. The molecule has 0 radical (unpaired) electrons. The molecule has 3 rings (SSSR count). The zero-order chi connectivity index (χ0) is 25.3. The van der Waals surface area contributed by atoms with Gasteiger partial charge in [0, 0.05) is 3.92 Å². The van der Waals surface area contributed by atoms with Crippen LogP contribution in [0.1, 0.15) is 118 Å². The summed E-state index contributed by atoms with van der Waals surface area (Å²) in [5.41, 5.74) is 0. The van der Waals surface area contributed by atoms with Crippen molar-refractivity contribution in [3.05, 3.63) is 12.2 Å². The molecule has 6 atom stereocenters. The molecule has 0 unspecified atom stereocenters. The van der Waals surface area contributed by atoms with Gasteiger partial charge in [0.15, 0.2) is 11.6 Å². The van der Waals surface area contributed by atoms with Gasteiger partial charge in [0.25, 0.3) is 0 Å². The molecular formula is C29H51IO5. The Kier molecular flexibility index (Phi) is 12.3. The highest BCUT2D eigenvalue weighted by Crippen LogP contribution is 2.37. The highest BCUT2D eigenvalue weighted by molar-refractivity contribution is 14.1. The zero-order valence-electron chi connectivity index (χ0n) is 22.9. The van der Waals surface area contributed by atoms with E-state index >= 15 is 0 Å². The number of ether oxygens (including phenoxy) is 5. The molecular weight excluding hydrogens is 555 g/mol. The Bertz CT molecular complexity index is 637. The lowest BCUT2D eigenvalue weighted by atomic mass is 10.00. The number of hydrogen-bond donors (Lipinski definition) is 0. The van der Waals surface area contributed by atoms with Gasteiger partial charge in [-0.1, -0.05) is 60.9 Å². The molecule has 6 heteroatoms. The van der Waals surface area contributed by atoms with Crippen LogP contribution in [0.25, 0.3) is 0 Å². The Balaban J connectivity index is 1.40. The first kappa shape index (κ1) is 29.8. The first-order valence-corrected chi connectivity index (χ1v) is 15.6. The number of alkyl halides is 1. The van der Waals surface area contributed by atoms with E-state index in [1.807, 2.05) is 27.7 Å². The van der Waals surface area contributed by atoms with Gasteiger partial charge in [0.2, 0.25) is 0 Å². The van der Waals surface area contributed by atoms with Crippen molar-refractivity contribution in [3.8, 4) is 0 Å². The van der Waals surface area contributed by atoms with E-state index in [4.69, 9.17) is 23.7 Å². The van der Waals surface area contributed by atoms with Crippen LogP contribution in [0.5, 0.6) is 0 Å². The molecule has 3 fully saturated rings. The molecule has 204 valence electrons. The molecule has 0 amide bonds. The maximum absolute atomic E-state index is 6.55. The lowest BCUT2D eigenvalue weighted by Gasteiger charge is -2.31. The first-order valence-electron chi connectivity index (χ1n) is 14.3. The van der Waals surface area contributed by atoms with Gasteiger partial charge in [-0.05, 0) is 91.9 Å². The van der Waals surface area contributed by atoms with Gasteiger partial charge in [-0.2, -0.15) is 0 Å². The molecule has 0 aromatic rings. The van der Waals surface area contributed by atoms with Gasteiger partial charge in [-0.15, -0.1) is 0 Å². The van der Waals surface area contributed by atoms with Crippen molar-refractivity contribution in [1.82, 2.24) is 0 Å². The van der Waals surface area contributed by atoms with Gasteiger partial charge in [-0.25, -0.2) is 0 Å². The van der Waals surface area contributed by atoms with Gasteiger partial charge < -0.3 is 23.7 Å². The molecule has 3 aliphatic rings. The summed E-state index contributed by atoms with van der Waals surface area (Å²) in [4.78, 5) is 0. The summed E-state index contributed by atoms with van der Waals surface area (Å²) >= 11 is 2.60. The number of hydrogen-bond acceptors (Lipinski definition) is 5. The third-order valence-electron chi connectivity index (χ3n) is 7.44. The molecule has 0 aliphatic carbocycles. The summed E-state index contributed by atoms with van der Waals surface area (Å²) < 4.78 is 31.7. The minimum absolute atomic E-state index is 0.137. The van der Waals surface area contributed by atoms with E-state index in [2.05, 4.69) is 41.7 Å².